The van der Waals surface area contributed by atoms with Gasteiger partial charge in [0.15, 0.2) is 17.6 Å². The number of benzene rings is 1. The molecule has 1 unspecified atom stereocenters. The Morgan fingerprint density at radius 2 is 1.82 bits per heavy atom. The SMILES string of the molecule is CCOc1cc(C(=O)OC(C)C(=O)N2CCN(c3ncccn3)CC2)c([N+](=O)[O-])cc1OC. The van der Waals surface area contributed by atoms with Gasteiger partial charge in [0, 0.05) is 44.6 Å². The molecule has 0 aliphatic carbocycles. The van der Waals surface area contributed by atoms with Crippen LogP contribution < -0.4 is 14.4 Å². The largest absolute Gasteiger partial charge is 0.493 e. The highest BCUT2D eigenvalue weighted by molar-refractivity contribution is 5.96. The Morgan fingerprint density at radius 1 is 1.15 bits per heavy atom. The number of hydrogen-bond donors (Lipinski definition) is 0. The van der Waals surface area contributed by atoms with Crippen molar-refractivity contribution in [2.45, 2.75) is 20.0 Å². The first-order valence-electron chi connectivity index (χ1n) is 10.4. The van der Waals surface area contributed by atoms with E-state index in [1.165, 1.54) is 20.1 Å². The molecule has 2 heterocycles. The Labute approximate surface area is 190 Å². The van der Waals surface area contributed by atoms with E-state index in [1.54, 1.807) is 30.3 Å². The number of methoxy groups -OCH3 is 1. The zero-order valence-corrected chi connectivity index (χ0v) is 18.6. The molecular formula is C21H25N5O7. The van der Waals surface area contributed by atoms with E-state index >= 15 is 0 Å². The summed E-state index contributed by atoms with van der Waals surface area (Å²) in [6.07, 6.45) is 2.17. The van der Waals surface area contributed by atoms with Gasteiger partial charge in [-0.3, -0.25) is 14.9 Å². The van der Waals surface area contributed by atoms with E-state index in [4.69, 9.17) is 14.2 Å². The van der Waals surface area contributed by atoms with Gasteiger partial charge in [-0.25, -0.2) is 14.8 Å². The molecule has 1 aliphatic heterocycles. The van der Waals surface area contributed by atoms with Gasteiger partial charge in [-0.2, -0.15) is 0 Å². The van der Waals surface area contributed by atoms with Gasteiger partial charge in [-0.15, -0.1) is 0 Å². The van der Waals surface area contributed by atoms with Gasteiger partial charge in [0.2, 0.25) is 5.95 Å². The molecule has 12 nitrogen and oxygen atoms in total. The van der Waals surface area contributed by atoms with E-state index in [0.717, 1.165) is 6.07 Å². The minimum Gasteiger partial charge on any atom is -0.493 e. The van der Waals surface area contributed by atoms with E-state index < -0.39 is 28.6 Å². The van der Waals surface area contributed by atoms with E-state index in [9.17, 15) is 19.7 Å². The molecule has 1 aromatic heterocycles. The number of anilines is 1. The lowest BCUT2D eigenvalue weighted by atomic mass is 10.1. The summed E-state index contributed by atoms with van der Waals surface area (Å²) >= 11 is 0. The third-order valence-corrected chi connectivity index (χ3v) is 5.06. The molecule has 176 valence electrons. The van der Waals surface area contributed by atoms with Gasteiger partial charge in [0.05, 0.1) is 24.7 Å². The van der Waals surface area contributed by atoms with Crippen molar-refractivity contribution in [1.82, 2.24) is 14.9 Å². The fourth-order valence-electron chi connectivity index (χ4n) is 3.40. The topological polar surface area (TPSA) is 137 Å². The zero-order chi connectivity index (χ0) is 24.0. The van der Waals surface area contributed by atoms with Crippen LogP contribution in [0.2, 0.25) is 0 Å². The van der Waals surface area contributed by atoms with E-state index in [2.05, 4.69) is 9.97 Å². The maximum atomic E-state index is 12.8. The summed E-state index contributed by atoms with van der Waals surface area (Å²) in [4.78, 5) is 48.3. The standard InChI is InChI=1S/C21H25N5O7/c1-4-32-18-12-15(16(26(29)30)13-17(18)31-3)20(28)33-14(2)19(27)24-8-10-25(11-9-24)21-22-6-5-7-23-21/h5-7,12-14H,4,8-11H2,1-3H3. The molecule has 0 N–H and O–H groups in total. The number of esters is 1. The van der Waals surface area contributed by atoms with Crippen LogP contribution >= 0.6 is 0 Å². The van der Waals surface area contributed by atoms with Crippen LogP contribution in [0.4, 0.5) is 11.6 Å². The summed E-state index contributed by atoms with van der Waals surface area (Å²) in [7, 11) is 1.34. The van der Waals surface area contributed by atoms with E-state index in [-0.39, 0.29) is 23.7 Å². The highest BCUT2D eigenvalue weighted by atomic mass is 16.6. The third kappa shape index (κ3) is 5.45. The van der Waals surface area contributed by atoms with Crippen molar-refractivity contribution in [2.24, 2.45) is 0 Å². The Balaban J connectivity index is 1.68. The Kier molecular flexibility index (Phi) is 7.59. The van der Waals surface area contributed by atoms with Crippen LogP contribution in [0.1, 0.15) is 24.2 Å². The van der Waals surface area contributed by atoms with Gasteiger partial charge in [0.1, 0.15) is 5.56 Å². The van der Waals surface area contributed by atoms with Crippen molar-refractivity contribution in [1.29, 1.82) is 0 Å². The molecule has 2 aromatic rings. The molecule has 0 spiro atoms. The Bertz CT molecular complexity index is 1010. The lowest BCUT2D eigenvalue weighted by Gasteiger charge is -2.35. The fourth-order valence-corrected chi connectivity index (χ4v) is 3.40. The maximum absolute atomic E-state index is 12.8. The molecule has 1 aliphatic rings. The van der Waals surface area contributed by atoms with Crippen LogP contribution in [0, 0.1) is 10.1 Å². The van der Waals surface area contributed by atoms with Gasteiger partial charge in [0.25, 0.3) is 11.6 Å². The first kappa shape index (κ1) is 23.7. The number of carbonyl (C=O) groups excluding carboxylic acids is 2. The minimum atomic E-state index is -1.13. The molecule has 0 radical (unpaired) electrons. The molecule has 12 heteroatoms. The molecule has 33 heavy (non-hydrogen) atoms. The second kappa shape index (κ2) is 10.6. The Hall–Kier alpha value is -3.96. The second-order valence-corrected chi connectivity index (χ2v) is 7.12. The van der Waals surface area contributed by atoms with Gasteiger partial charge < -0.3 is 24.0 Å². The number of nitro groups is 1. The monoisotopic (exact) mass is 459 g/mol. The van der Waals surface area contributed by atoms with Crippen LogP contribution in [0.15, 0.2) is 30.6 Å². The fraction of sp³-hybridized carbons (Fsp3) is 0.429. The van der Waals surface area contributed by atoms with Crippen molar-refractivity contribution in [3.05, 3.63) is 46.3 Å². The van der Waals surface area contributed by atoms with Crippen molar-refractivity contribution < 1.29 is 28.7 Å². The van der Waals surface area contributed by atoms with Crippen LogP contribution in [0.5, 0.6) is 11.5 Å². The predicted molar refractivity (Wildman–Crippen MR) is 117 cm³/mol. The quantitative estimate of drug-likeness (QED) is 0.326. The van der Waals surface area contributed by atoms with E-state index in [0.29, 0.717) is 32.1 Å². The lowest BCUT2D eigenvalue weighted by molar-refractivity contribution is -0.385. The number of nitrogens with zero attached hydrogens (tertiary/aromatic N) is 5. The predicted octanol–water partition coefficient (Wildman–Crippen LogP) is 1.69. The molecular weight excluding hydrogens is 434 g/mol. The Morgan fingerprint density at radius 3 is 2.39 bits per heavy atom. The second-order valence-electron chi connectivity index (χ2n) is 7.12. The number of hydrogen-bond acceptors (Lipinski definition) is 10. The van der Waals surface area contributed by atoms with Crippen LogP contribution in [0.25, 0.3) is 0 Å². The average molecular weight is 459 g/mol. The number of nitro benzene ring substituents is 1. The number of carbonyl (C=O) groups is 2. The van der Waals surface area contributed by atoms with Crippen LogP contribution in [-0.2, 0) is 9.53 Å². The number of amides is 1. The molecule has 1 atom stereocenters. The molecule has 3 rings (SSSR count). The number of piperazine rings is 1. The summed E-state index contributed by atoms with van der Waals surface area (Å²) in [6, 6.07) is 4.02. The number of ether oxygens (including phenoxy) is 3. The van der Waals surface area contributed by atoms with E-state index in [1.807, 2.05) is 4.90 Å². The summed E-state index contributed by atoms with van der Waals surface area (Å²) in [6.45, 7) is 5.27. The minimum absolute atomic E-state index is 0.115. The van der Waals surface area contributed by atoms with Gasteiger partial charge in [-0.05, 0) is 19.9 Å². The molecule has 0 bridgehead atoms. The average Bonchev–Trinajstić information content (AvgIpc) is 2.84. The molecule has 1 amide bonds. The van der Waals surface area contributed by atoms with Gasteiger partial charge >= 0.3 is 5.97 Å². The first-order valence-corrected chi connectivity index (χ1v) is 10.4. The van der Waals surface area contributed by atoms with Crippen molar-refractivity contribution in [2.75, 3.05) is 44.8 Å². The zero-order valence-electron chi connectivity index (χ0n) is 18.6. The summed E-state index contributed by atoms with van der Waals surface area (Å²) in [5.74, 6) is -0.526. The summed E-state index contributed by atoms with van der Waals surface area (Å²) < 4.78 is 15.8. The molecule has 0 saturated carbocycles. The summed E-state index contributed by atoms with van der Waals surface area (Å²) in [5, 5.41) is 11.5. The normalized spacial score (nSPS) is 14.4. The van der Waals surface area contributed by atoms with Crippen molar-refractivity contribution >= 4 is 23.5 Å². The van der Waals surface area contributed by atoms with Crippen molar-refractivity contribution in [3.8, 4) is 11.5 Å². The number of rotatable bonds is 8. The van der Waals surface area contributed by atoms with Crippen molar-refractivity contribution in [3.63, 3.8) is 0 Å². The smallest absolute Gasteiger partial charge is 0.346 e. The number of aromatic nitrogens is 2. The molecule has 1 saturated heterocycles. The third-order valence-electron chi connectivity index (χ3n) is 5.06. The summed E-state index contributed by atoms with van der Waals surface area (Å²) in [5.41, 5.74) is -0.827. The maximum Gasteiger partial charge on any atom is 0.346 e. The van der Waals surface area contributed by atoms with Gasteiger partial charge in [-0.1, -0.05) is 0 Å². The molecule has 1 aromatic carbocycles. The highest BCUT2D eigenvalue weighted by Crippen LogP contribution is 2.35. The van der Waals surface area contributed by atoms with Crippen LogP contribution in [-0.4, -0.2) is 77.7 Å². The first-order chi connectivity index (χ1) is 15.8. The highest BCUT2D eigenvalue weighted by Gasteiger charge is 2.31. The molecule has 1 fully saturated rings. The lowest BCUT2D eigenvalue weighted by Crippen LogP contribution is -2.52. The van der Waals surface area contributed by atoms with Crippen LogP contribution in [0.3, 0.4) is 0 Å².